The number of amides is 3. The molecule has 6 rings (SSSR count). The van der Waals surface area contributed by atoms with Crippen molar-refractivity contribution in [3.63, 3.8) is 0 Å². The molecule has 34 heavy (non-hydrogen) atoms. The summed E-state index contributed by atoms with van der Waals surface area (Å²) in [7, 11) is 1.65. The average Bonchev–Trinajstić information content (AvgIpc) is 3.39. The molecule has 3 amide bonds. The summed E-state index contributed by atoms with van der Waals surface area (Å²) < 4.78 is 6.97. The first-order valence-electron chi connectivity index (χ1n) is 11.3. The Morgan fingerprint density at radius 2 is 1.88 bits per heavy atom. The number of carbonyl (C=O) groups is 3. The van der Waals surface area contributed by atoms with Crippen molar-refractivity contribution in [1.29, 1.82) is 0 Å². The zero-order chi connectivity index (χ0) is 23.4. The van der Waals surface area contributed by atoms with E-state index in [0.717, 1.165) is 35.5 Å². The number of nitrogens with one attached hydrogen (secondary N) is 1. The molecule has 1 aromatic heterocycles. The van der Waals surface area contributed by atoms with Gasteiger partial charge in [-0.3, -0.25) is 19.7 Å². The fraction of sp³-hybridized carbons (Fsp3) is 0.320. The van der Waals surface area contributed by atoms with E-state index in [1.165, 1.54) is 5.56 Å². The lowest BCUT2D eigenvalue weighted by molar-refractivity contribution is -0.136. The van der Waals surface area contributed by atoms with E-state index in [1.807, 2.05) is 30.5 Å². The van der Waals surface area contributed by atoms with Crippen LogP contribution in [0.2, 0.25) is 0 Å². The van der Waals surface area contributed by atoms with Crippen molar-refractivity contribution in [2.45, 2.75) is 43.7 Å². The molecule has 2 fully saturated rings. The topological polar surface area (TPSA) is 106 Å². The summed E-state index contributed by atoms with van der Waals surface area (Å²) in [5.74, 6) is -0.0921. The van der Waals surface area contributed by atoms with Gasteiger partial charge in [0.05, 0.1) is 24.7 Å². The summed E-state index contributed by atoms with van der Waals surface area (Å²) in [6.07, 6.45) is 4.51. The van der Waals surface area contributed by atoms with E-state index >= 15 is 0 Å². The quantitative estimate of drug-likeness (QED) is 0.589. The zero-order valence-corrected chi connectivity index (χ0v) is 18.7. The van der Waals surface area contributed by atoms with Gasteiger partial charge < -0.3 is 9.64 Å². The average molecular weight is 457 g/mol. The number of piperidine rings is 1. The first-order valence-corrected chi connectivity index (χ1v) is 11.3. The lowest BCUT2D eigenvalue weighted by Crippen LogP contribution is -2.52. The summed E-state index contributed by atoms with van der Waals surface area (Å²) in [5, 5.41) is 11.1. The number of aromatic nitrogens is 3. The Kier molecular flexibility index (Phi) is 4.55. The molecule has 1 unspecified atom stereocenters. The first kappa shape index (κ1) is 20.6. The lowest BCUT2D eigenvalue weighted by Gasteiger charge is -2.29. The van der Waals surface area contributed by atoms with Gasteiger partial charge in [0.15, 0.2) is 0 Å². The van der Waals surface area contributed by atoms with Gasteiger partial charge in [-0.25, -0.2) is 4.68 Å². The lowest BCUT2D eigenvalue weighted by atomic mass is 9.93. The Balaban J connectivity index is 1.25. The van der Waals surface area contributed by atoms with Gasteiger partial charge in [0.25, 0.3) is 5.91 Å². The monoisotopic (exact) mass is 457 g/mol. The number of benzene rings is 2. The van der Waals surface area contributed by atoms with E-state index in [0.29, 0.717) is 18.5 Å². The van der Waals surface area contributed by atoms with Crippen LogP contribution in [0.15, 0.2) is 48.7 Å². The number of rotatable bonds is 5. The van der Waals surface area contributed by atoms with Crippen LogP contribution >= 0.6 is 0 Å². The number of hydrogen-bond donors (Lipinski definition) is 1. The van der Waals surface area contributed by atoms with E-state index < -0.39 is 11.9 Å². The van der Waals surface area contributed by atoms with Crippen LogP contribution in [0.5, 0.6) is 5.75 Å². The van der Waals surface area contributed by atoms with Crippen LogP contribution in [0.4, 0.5) is 0 Å². The number of fused-ring (bicyclic) bond motifs is 1. The fourth-order valence-electron chi connectivity index (χ4n) is 5.02. The molecule has 0 radical (unpaired) electrons. The molecule has 1 saturated heterocycles. The van der Waals surface area contributed by atoms with E-state index in [9.17, 15) is 14.4 Å². The van der Waals surface area contributed by atoms with Gasteiger partial charge in [-0.05, 0) is 54.7 Å². The maximum absolute atomic E-state index is 13.1. The molecule has 2 aliphatic heterocycles. The molecule has 172 valence electrons. The smallest absolute Gasteiger partial charge is 0.255 e. The summed E-state index contributed by atoms with van der Waals surface area (Å²) in [4.78, 5) is 38.4. The molecular formula is C25H23N5O4. The summed E-state index contributed by atoms with van der Waals surface area (Å²) in [5.41, 5.74) is 4.09. The third-order valence-corrected chi connectivity index (χ3v) is 7.15. The number of imide groups is 1. The maximum Gasteiger partial charge on any atom is 0.255 e. The van der Waals surface area contributed by atoms with E-state index in [2.05, 4.69) is 27.8 Å². The minimum atomic E-state index is -0.627. The molecule has 9 heteroatoms. The van der Waals surface area contributed by atoms with Crippen LogP contribution in [-0.4, -0.2) is 50.8 Å². The molecule has 0 bridgehead atoms. The second-order valence-corrected chi connectivity index (χ2v) is 9.10. The number of carbonyl (C=O) groups excluding carboxylic acids is 3. The number of ether oxygens (including phenoxy) is 1. The van der Waals surface area contributed by atoms with Crippen molar-refractivity contribution in [2.75, 3.05) is 7.11 Å². The van der Waals surface area contributed by atoms with Crippen LogP contribution in [0.1, 0.15) is 52.9 Å². The molecule has 1 N–H and O–H groups in total. The predicted octanol–water partition coefficient (Wildman–Crippen LogP) is 2.12. The highest BCUT2D eigenvalue weighted by Gasteiger charge is 2.48. The number of hydrogen-bond acceptors (Lipinski definition) is 6. The molecule has 0 spiro atoms. The van der Waals surface area contributed by atoms with Crippen molar-refractivity contribution in [2.24, 2.45) is 0 Å². The Morgan fingerprint density at radius 3 is 2.59 bits per heavy atom. The Morgan fingerprint density at radius 1 is 1.09 bits per heavy atom. The molecular weight excluding hydrogens is 434 g/mol. The summed E-state index contributed by atoms with van der Waals surface area (Å²) in [6.45, 7) is 0.351. The van der Waals surface area contributed by atoms with Crippen molar-refractivity contribution in [1.82, 2.24) is 25.2 Å². The first-order chi connectivity index (χ1) is 16.5. The fourth-order valence-corrected chi connectivity index (χ4v) is 5.02. The second kappa shape index (κ2) is 7.51. The predicted molar refractivity (Wildman–Crippen MR) is 120 cm³/mol. The van der Waals surface area contributed by atoms with Crippen molar-refractivity contribution < 1.29 is 19.1 Å². The van der Waals surface area contributed by atoms with Crippen LogP contribution in [0.25, 0.3) is 5.69 Å². The van der Waals surface area contributed by atoms with Gasteiger partial charge in [0.2, 0.25) is 11.8 Å². The highest BCUT2D eigenvalue weighted by molar-refractivity contribution is 6.05. The largest absolute Gasteiger partial charge is 0.497 e. The highest BCUT2D eigenvalue weighted by atomic mass is 16.5. The molecule has 9 nitrogen and oxygen atoms in total. The maximum atomic E-state index is 13.1. The molecule has 1 atom stereocenters. The van der Waals surface area contributed by atoms with Gasteiger partial charge in [-0.1, -0.05) is 23.4 Å². The molecule has 1 saturated carbocycles. The second-order valence-electron chi connectivity index (χ2n) is 9.10. The van der Waals surface area contributed by atoms with Gasteiger partial charge in [-0.15, -0.1) is 5.10 Å². The molecule has 3 aromatic rings. The van der Waals surface area contributed by atoms with E-state index in [-0.39, 0.29) is 23.7 Å². The highest BCUT2D eigenvalue weighted by Crippen LogP contribution is 2.52. The van der Waals surface area contributed by atoms with Crippen LogP contribution < -0.4 is 10.1 Å². The summed E-state index contributed by atoms with van der Waals surface area (Å²) >= 11 is 0. The number of methoxy groups -OCH3 is 1. The van der Waals surface area contributed by atoms with Gasteiger partial charge >= 0.3 is 0 Å². The van der Waals surface area contributed by atoms with Crippen molar-refractivity contribution >= 4 is 17.7 Å². The van der Waals surface area contributed by atoms with Crippen LogP contribution in [0, 0.1) is 0 Å². The molecule has 3 aliphatic rings. The van der Waals surface area contributed by atoms with Crippen LogP contribution in [0.3, 0.4) is 0 Å². The minimum Gasteiger partial charge on any atom is -0.497 e. The van der Waals surface area contributed by atoms with Crippen molar-refractivity contribution in [3.05, 3.63) is 71.0 Å². The van der Waals surface area contributed by atoms with Gasteiger partial charge in [-0.2, -0.15) is 0 Å². The normalized spacial score (nSPS) is 20.8. The Labute approximate surface area is 195 Å². The minimum absolute atomic E-state index is 0.139. The standard InChI is InChI=1S/C25H23N5O4/c1-34-18-6-3-16(4-7-18)25(10-11-25)21-14-30(28-27-21)17-5-2-15-13-29(24(33)19(15)12-17)20-8-9-22(31)26-23(20)32/h2-7,12,14,20H,8-11,13H2,1H3,(H,26,31,32). The molecule has 2 aromatic carbocycles. The third kappa shape index (κ3) is 3.19. The van der Waals surface area contributed by atoms with Crippen LogP contribution in [-0.2, 0) is 21.5 Å². The SMILES string of the molecule is COc1ccc(C2(c3cn(-c4ccc5c(c4)C(=O)N(C4CCC(=O)NC4=O)C5)nn3)CC2)cc1. The van der Waals surface area contributed by atoms with Gasteiger partial charge in [0, 0.05) is 23.9 Å². The Hall–Kier alpha value is -4.01. The molecule has 1 aliphatic carbocycles. The Bertz CT molecular complexity index is 1330. The van der Waals surface area contributed by atoms with Crippen molar-refractivity contribution in [3.8, 4) is 11.4 Å². The van der Waals surface area contributed by atoms with Gasteiger partial charge in [0.1, 0.15) is 11.8 Å². The number of nitrogens with zero attached hydrogens (tertiary/aromatic N) is 4. The van der Waals surface area contributed by atoms with E-state index in [1.54, 1.807) is 22.8 Å². The third-order valence-electron chi connectivity index (χ3n) is 7.15. The van der Waals surface area contributed by atoms with E-state index in [4.69, 9.17) is 4.74 Å². The summed E-state index contributed by atoms with van der Waals surface area (Å²) in [6, 6.07) is 13.0. The zero-order valence-electron chi connectivity index (χ0n) is 18.7. The molecule has 3 heterocycles.